The summed E-state index contributed by atoms with van der Waals surface area (Å²) in [5.74, 6) is 1.10. The minimum Gasteiger partial charge on any atom is -0.497 e. The summed E-state index contributed by atoms with van der Waals surface area (Å²) in [4.78, 5) is 16.2. The maximum absolute atomic E-state index is 12.0. The van der Waals surface area contributed by atoms with Gasteiger partial charge < -0.3 is 10.1 Å². The molecule has 0 bridgehead atoms. The number of hydrogen-bond acceptors (Lipinski definition) is 4. The molecule has 0 atom stereocenters. The number of carbonyl (C=O) groups is 1. The Morgan fingerprint density at radius 2 is 2.17 bits per heavy atom. The van der Waals surface area contributed by atoms with Gasteiger partial charge in [-0.05, 0) is 30.5 Å². The van der Waals surface area contributed by atoms with E-state index in [1.807, 2.05) is 28.9 Å². The van der Waals surface area contributed by atoms with Crippen LogP contribution in [-0.4, -0.2) is 27.9 Å². The highest BCUT2D eigenvalue weighted by Crippen LogP contribution is 2.27. The molecule has 1 aliphatic carbocycles. The summed E-state index contributed by atoms with van der Waals surface area (Å²) in [6.45, 7) is 0.409. The van der Waals surface area contributed by atoms with Gasteiger partial charge in [0.1, 0.15) is 12.1 Å². The number of rotatable bonds is 5. The van der Waals surface area contributed by atoms with Crippen molar-refractivity contribution in [1.82, 2.24) is 20.1 Å². The molecule has 2 amide bonds. The third-order valence-electron chi connectivity index (χ3n) is 4.27. The van der Waals surface area contributed by atoms with Crippen molar-refractivity contribution in [3.63, 3.8) is 0 Å². The molecule has 7 heteroatoms. The number of nitrogens with one attached hydrogen (secondary N) is 2. The van der Waals surface area contributed by atoms with Crippen LogP contribution in [0.1, 0.15) is 43.7 Å². The van der Waals surface area contributed by atoms with Crippen LogP contribution in [-0.2, 0) is 6.54 Å². The molecule has 7 nitrogen and oxygen atoms in total. The minimum absolute atomic E-state index is 0.320. The first-order chi connectivity index (χ1) is 11.7. The minimum atomic E-state index is -0.320. The van der Waals surface area contributed by atoms with Gasteiger partial charge in [-0.15, -0.1) is 5.10 Å². The number of amides is 2. The van der Waals surface area contributed by atoms with E-state index in [1.54, 1.807) is 13.4 Å². The molecule has 1 heterocycles. The molecule has 0 aliphatic heterocycles. The highest BCUT2D eigenvalue weighted by molar-refractivity contribution is 5.87. The van der Waals surface area contributed by atoms with E-state index in [-0.39, 0.29) is 6.03 Å². The van der Waals surface area contributed by atoms with E-state index in [4.69, 9.17) is 4.74 Å². The molecule has 1 saturated carbocycles. The topological polar surface area (TPSA) is 81.1 Å². The first-order valence-electron chi connectivity index (χ1n) is 8.33. The molecule has 1 aromatic heterocycles. The molecule has 0 spiro atoms. The Morgan fingerprint density at radius 3 is 2.96 bits per heavy atom. The second-order valence-corrected chi connectivity index (χ2v) is 6.00. The van der Waals surface area contributed by atoms with Crippen LogP contribution in [0.2, 0.25) is 0 Å². The number of benzene rings is 1. The van der Waals surface area contributed by atoms with Gasteiger partial charge in [-0.3, -0.25) is 5.32 Å². The Balaban J connectivity index is 1.50. The Morgan fingerprint density at radius 1 is 1.33 bits per heavy atom. The van der Waals surface area contributed by atoms with E-state index in [0.717, 1.165) is 24.2 Å². The van der Waals surface area contributed by atoms with E-state index in [9.17, 15) is 4.79 Å². The normalized spacial score (nSPS) is 15.0. The Hall–Kier alpha value is -2.57. The van der Waals surface area contributed by atoms with Crippen molar-refractivity contribution in [2.75, 3.05) is 12.4 Å². The van der Waals surface area contributed by atoms with Crippen LogP contribution in [0.25, 0.3) is 0 Å². The van der Waals surface area contributed by atoms with Gasteiger partial charge in [0.25, 0.3) is 0 Å². The molecule has 3 rings (SSSR count). The SMILES string of the molecule is COc1cccc(CNC(=O)Nc2ncn(C3CCCCC3)n2)c1. The lowest BCUT2D eigenvalue weighted by atomic mass is 9.96. The number of aromatic nitrogens is 3. The zero-order valence-corrected chi connectivity index (χ0v) is 13.9. The van der Waals surface area contributed by atoms with Crippen molar-refractivity contribution in [2.45, 2.75) is 44.7 Å². The van der Waals surface area contributed by atoms with Crippen LogP contribution >= 0.6 is 0 Å². The molecule has 1 fully saturated rings. The summed E-state index contributed by atoms with van der Waals surface area (Å²) in [6, 6.07) is 7.66. The Bertz CT molecular complexity index is 679. The zero-order valence-electron chi connectivity index (χ0n) is 13.9. The molecule has 0 saturated heterocycles. The first kappa shape index (κ1) is 16.3. The molecule has 2 aromatic rings. The zero-order chi connectivity index (χ0) is 16.8. The number of ether oxygens (including phenoxy) is 1. The predicted octanol–water partition coefficient (Wildman–Crippen LogP) is 3.11. The van der Waals surface area contributed by atoms with Crippen molar-refractivity contribution in [1.29, 1.82) is 0 Å². The molecule has 128 valence electrons. The summed E-state index contributed by atoms with van der Waals surface area (Å²) in [6.07, 6.45) is 7.72. The lowest BCUT2D eigenvalue weighted by Gasteiger charge is -2.21. The summed E-state index contributed by atoms with van der Waals surface area (Å²) in [5, 5.41) is 9.84. The predicted molar refractivity (Wildman–Crippen MR) is 91.0 cm³/mol. The van der Waals surface area contributed by atoms with Gasteiger partial charge in [-0.2, -0.15) is 0 Å². The summed E-state index contributed by atoms with van der Waals surface area (Å²) in [7, 11) is 1.62. The van der Waals surface area contributed by atoms with E-state index >= 15 is 0 Å². The van der Waals surface area contributed by atoms with Gasteiger partial charge in [0, 0.05) is 6.54 Å². The second kappa shape index (κ2) is 7.81. The number of anilines is 1. The Labute approximate surface area is 141 Å². The summed E-state index contributed by atoms with van der Waals surface area (Å²) in [5.41, 5.74) is 0.963. The summed E-state index contributed by atoms with van der Waals surface area (Å²) >= 11 is 0. The highest BCUT2D eigenvalue weighted by atomic mass is 16.5. The van der Waals surface area contributed by atoms with Gasteiger partial charge in [-0.25, -0.2) is 14.5 Å². The molecule has 24 heavy (non-hydrogen) atoms. The maximum atomic E-state index is 12.0. The molecule has 0 unspecified atom stereocenters. The standard InChI is InChI=1S/C17H23N5O2/c1-24-15-9-5-6-13(10-15)11-18-17(23)20-16-19-12-22(21-16)14-7-3-2-4-8-14/h5-6,9-10,12,14H,2-4,7-8,11H2,1H3,(H2,18,20,21,23). The smallest absolute Gasteiger partial charge is 0.321 e. The van der Waals surface area contributed by atoms with Gasteiger partial charge in [-0.1, -0.05) is 31.4 Å². The molecule has 0 radical (unpaired) electrons. The number of methoxy groups -OCH3 is 1. The van der Waals surface area contributed by atoms with Crippen molar-refractivity contribution in [3.05, 3.63) is 36.2 Å². The number of nitrogens with zero attached hydrogens (tertiary/aromatic N) is 3. The van der Waals surface area contributed by atoms with Crippen molar-refractivity contribution >= 4 is 12.0 Å². The third kappa shape index (κ3) is 4.24. The lowest BCUT2D eigenvalue weighted by Crippen LogP contribution is -2.28. The van der Waals surface area contributed by atoms with Crippen LogP contribution in [0.15, 0.2) is 30.6 Å². The molecule has 1 aromatic carbocycles. The van der Waals surface area contributed by atoms with Gasteiger partial charge in [0.2, 0.25) is 5.95 Å². The van der Waals surface area contributed by atoms with E-state index in [0.29, 0.717) is 18.5 Å². The van der Waals surface area contributed by atoms with Crippen LogP contribution in [0, 0.1) is 0 Å². The van der Waals surface area contributed by atoms with E-state index in [1.165, 1.54) is 19.3 Å². The molecule has 1 aliphatic rings. The maximum Gasteiger partial charge on any atom is 0.321 e. The van der Waals surface area contributed by atoms with Crippen molar-refractivity contribution in [3.8, 4) is 5.75 Å². The fourth-order valence-corrected chi connectivity index (χ4v) is 2.96. The number of hydrogen-bond donors (Lipinski definition) is 2. The van der Waals surface area contributed by atoms with E-state index < -0.39 is 0 Å². The number of carbonyl (C=O) groups excluding carboxylic acids is 1. The van der Waals surface area contributed by atoms with Gasteiger partial charge in [0.15, 0.2) is 0 Å². The van der Waals surface area contributed by atoms with Gasteiger partial charge in [0.05, 0.1) is 13.2 Å². The van der Waals surface area contributed by atoms with Crippen LogP contribution in [0.4, 0.5) is 10.7 Å². The van der Waals surface area contributed by atoms with Crippen molar-refractivity contribution < 1.29 is 9.53 Å². The molecular formula is C17H23N5O2. The average molecular weight is 329 g/mol. The second-order valence-electron chi connectivity index (χ2n) is 6.00. The number of urea groups is 1. The molecular weight excluding hydrogens is 306 g/mol. The van der Waals surface area contributed by atoms with Crippen LogP contribution < -0.4 is 15.4 Å². The first-order valence-corrected chi connectivity index (χ1v) is 8.33. The van der Waals surface area contributed by atoms with E-state index in [2.05, 4.69) is 20.7 Å². The van der Waals surface area contributed by atoms with Gasteiger partial charge >= 0.3 is 6.03 Å². The summed E-state index contributed by atoms with van der Waals surface area (Å²) < 4.78 is 7.04. The Kier molecular flexibility index (Phi) is 5.30. The fourth-order valence-electron chi connectivity index (χ4n) is 2.96. The lowest BCUT2D eigenvalue weighted by molar-refractivity contribution is 0.251. The van der Waals surface area contributed by atoms with Crippen LogP contribution in [0.5, 0.6) is 5.75 Å². The third-order valence-corrected chi connectivity index (χ3v) is 4.27. The fraction of sp³-hybridized carbons (Fsp3) is 0.471. The quantitative estimate of drug-likeness (QED) is 0.883. The molecule has 2 N–H and O–H groups in total. The van der Waals surface area contributed by atoms with Crippen LogP contribution in [0.3, 0.4) is 0 Å². The largest absolute Gasteiger partial charge is 0.497 e. The van der Waals surface area contributed by atoms with Crippen molar-refractivity contribution in [2.24, 2.45) is 0 Å². The highest BCUT2D eigenvalue weighted by Gasteiger charge is 2.17. The average Bonchev–Trinajstić information content (AvgIpc) is 3.09. The monoisotopic (exact) mass is 329 g/mol.